The molecular formula is C13H25ClN2O. The maximum Gasteiger partial charge on any atom is 0.228 e. The second kappa shape index (κ2) is 5.15. The lowest BCUT2D eigenvalue weighted by Gasteiger charge is -2.42. The highest BCUT2D eigenvalue weighted by molar-refractivity contribution is 5.85. The van der Waals surface area contributed by atoms with Gasteiger partial charge in [0, 0.05) is 18.5 Å². The molecule has 0 aromatic rings. The fourth-order valence-electron chi connectivity index (χ4n) is 3.02. The summed E-state index contributed by atoms with van der Waals surface area (Å²) in [5.41, 5.74) is 5.94. The maximum atomic E-state index is 12.5. The minimum Gasteiger partial charge on any atom is -0.342 e. The Balaban J connectivity index is 0.00000144. The lowest BCUT2D eigenvalue weighted by Crippen LogP contribution is -2.47. The van der Waals surface area contributed by atoms with Gasteiger partial charge in [0.25, 0.3) is 0 Å². The van der Waals surface area contributed by atoms with Crippen molar-refractivity contribution in [2.75, 3.05) is 19.6 Å². The summed E-state index contributed by atoms with van der Waals surface area (Å²) in [6.45, 7) is 6.81. The molecule has 1 heterocycles. The predicted octanol–water partition coefficient (Wildman–Crippen LogP) is 2.19. The van der Waals surface area contributed by atoms with Crippen molar-refractivity contribution in [3.63, 3.8) is 0 Å². The van der Waals surface area contributed by atoms with Gasteiger partial charge in [-0.05, 0) is 37.6 Å². The van der Waals surface area contributed by atoms with Crippen molar-refractivity contribution in [2.24, 2.45) is 16.6 Å². The van der Waals surface area contributed by atoms with Crippen molar-refractivity contribution in [1.29, 1.82) is 0 Å². The molecule has 0 aromatic heterocycles. The van der Waals surface area contributed by atoms with Gasteiger partial charge in [-0.2, -0.15) is 0 Å². The first-order valence-corrected chi connectivity index (χ1v) is 6.55. The molecular weight excluding hydrogens is 236 g/mol. The molecule has 2 rings (SSSR count). The number of likely N-dealkylation sites (tertiary alicyclic amines) is 1. The molecule has 1 saturated carbocycles. The third kappa shape index (κ3) is 2.45. The number of hydrogen-bond acceptors (Lipinski definition) is 2. The highest BCUT2D eigenvalue weighted by Gasteiger charge is 2.47. The van der Waals surface area contributed by atoms with Crippen molar-refractivity contribution >= 4 is 18.3 Å². The molecule has 0 radical (unpaired) electrons. The van der Waals surface area contributed by atoms with E-state index < -0.39 is 0 Å². The summed E-state index contributed by atoms with van der Waals surface area (Å²) in [7, 11) is 0. The summed E-state index contributed by atoms with van der Waals surface area (Å²) in [4.78, 5) is 14.5. The monoisotopic (exact) mass is 260 g/mol. The molecule has 2 fully saturated rings. The molecule has 2 N–H and O–H groups in total. The molecule has 1 unspecified atom stereocenters. The van der Waals surface area contributed by atoms with E-state index in [1.165, 1.54) is 6.42 Å². The van der Waals surface area contributed by atoms with Crippen LogP contribution in [0.3, 0.4) is 0 Å². The summed E-state index contributed by atoms with van der Waals surface area (Å²) in [6.07, 6.45) is 5.48. The molecule has 0 aromatic carbocycles. The van der Waals surface area contributed by atoms with Gasteiger partial charge in [0.1, 0.15) is 0 Å². The van der Waals surface area contributed by atoms with Crippen LogP contribution in [0.1, 0.15) is 46.0 Å². The van der Waals surface area contributed by atoms with Crippen LogP contribution in [0, 0.1) is 10.8 Å². The second-order valence-corrected chi connectivity index (χ2v) is 5.98. The summed E-state index contributed by atoms with van der Waals surface area (Å²) in [5, 5.41) is 0. The Kier molecular flexibility index (Phi) is 4.48. The van der Waals surface area contributed by atoms with Gasteiger partial charge in [-0.3, -0.25) is 4.79 Å². The Bertz CT molecular complexity index is 286. The van der Waals surface area contributed by atoms with Crippen LogP contribution in [-0.4, -0.2) is 30.4 Å². The van der Waals surface area contributed by atoms with Crippen molar-refractivity contribution in [2.45, 2.75) is 46.0 Å². The number of nitrogens with two attached hydrogens (primary N) is 1. The van der Waals surface area contributed by atoms with E-state index in [9.17, 15) is 4.79 Å². The smallest absolute Gasteiger partial charge is 0.228 e. The number of hydrogen-bond donors (Lipinski definition) is 1. The number of halogens is 1. The van der Waals surface area contributed by atoms with Crippen LogP contribution in [-0.2, 0) is 4.79 Å². The van der Waals surface area contributed by atoms with Crippen LogP contribution in [0.25, 0.3) is 0 Å². The quantitative estimate of drug-likeness (QED) is 0.846. The molecule has 2 aliphatic rings. The number of carbonyl (C=O) groups is 1. The molecule has 3 nitrogen and oxygen atoms in total. The van der Waals surface area contributed by atoms with Gasteiger partial charge in [0.15, 0.2) is 0 Å². The Morgan fingerprint density at radius 2 is 2.00 bits per heavy atom. The molecule has 0 spiro atoms. The van der Waals surface area contributed by atoms with Crippen molar-refractivity contribution in [3.05, 3.63) is 0 Å². The second-order valence-electron chi connectivity index (χ2n) is 5.98. The summed E-state index contributed by atoms with van der Waals surface area (Å²) in [5.74, 6) is 0.401. The van der Waals surface area contributed by atoms with E-state index in [0.717, 1.165) is 38.8 Å². The Labute approximate surface area is 111 Å². The largest absolute Gasteiger partial charge is 0.342 e. The predicted molar refractivity (Wildman–Crippen MR) is 72.2 cm³/mol. The Morgan fingerprint density at radius 1 is 1.35 bits per heavy atom. The molecule has 1 saturated heterocycles. The minimum atomic E-state index is -0.000150. The number of amides is 1. The first-order valence-electron chi connectivity index (χ1n) is 6.55. The van der Waals surface area contributed by atoms with E-state index in [1.54, 1.807) is 0 Å². The Hall–Kier alpha value is -0.280. The van der Waals surface area contributed by atoms with Gasteiger partial charge in [0.05, 0.1) is 0 Å². The van der Waals surface area contributed by atoms with Crippen LogP contribution in [0.4, 0.5) is 0 Å². The van der Waals surface area contributed by atoms with Gasteiger partial charge in [-0.25, -0.2) is 0 Å². The van der Waals surface area contributed by atoms with Crippen LogP contribution in [0.2, 0.25) is 0 Å². The Morgan fingerprint density at radius 3 is 2.35 bits per heavy atom. The molecule has 1 aliphatic heterocycles. The summed E-state index contributed by atoms with van der Waals surface area (Å²) >= 11 is 0. The van der Waals surface area contributed by atoms with Crippen molar-refractivity contribution in [3.8, 4) is 0 Å². The van der Waals surface area contributed by atoms with Gasteiger partial charge in [0.2, 0.25) is 5.91 Å². The van der Waals surface area contributed by atoms with E-state index in [4.69, 9.17) is 5.73 Å². The van der Waals surface area contributed by atoms with Crippen LogP contribution in [0.15, 0.2) is 0 Å². The van der Waals surface area contributed by atoms with Crippen molar-refractivity contribution in [1.82, 2.24) is 4.90 Å². The van der Waals surface area contributed by atoms with E-state index in [0.29, 0.717) is 12.5 Å². The summed E-state index contributed by atoms with van der Waals surface area (Å²) in [6, 6.07) is 0. The fraction of sp³-hybridized carbons (Fsp3) is 0.923. The normalized spacial score (nSPS) is 30.6. The highest BCUT2D eigenvalue weighted by Crippen LogP contribution is 2.46. The minimum absolute atomic E-state index is 0. The molecule has 1 amide bonds. The summed E-state index contributed by atoms with van der Waals surface area (Å²) < 4.78 is 0. The standard InChI is InChI=1S/C13H24N2O.ClH/c1-3-13(5-4-6-13)11(16)15-8-7-12(2,9-14)10-15;/h3-10,14H2,1-2H3;1H. The molecule has 17 heavy (non-hydrogen) atoms. The number of rotatable bonds is 3. The lowest BCUT2D eigenvalue weighted by molar-refractivity contribution is -0.147. The topological polar surface area (TPSA) is 46.3 Å². The maximum absolute atomic E-state index is 12.5. The van der Waals surface area contributed by atoms with E-state index >= 15 is 0 Å². The third-order valence-electron chi connectivity index (χ3n) is 4.78. The van der Waals surface area contributed by atoms with Crippen LogP contribution in [0.5, 0.6) is 0 Å². The SMILES string of the molecule is CCC1(C(=O)N2CCC(C)(CN)C2)CCC1.Cl. The fourth-order valence-corrected chi connectivity index (χ4v) is 3.02. The zero-order valence-corrected chi connectivity index (χ0v) is 11.8. The first kappa shape index (κ1) is 14.8. The van der Waals surface area contributed by atoms with E-state index in [-0.39, 0.29) is 23.2 Å². The van der Waals surface area contributed by atoms with Gasteiger partial charge >= 0.3 is 0 Å². The molecule has 1 atom stereocenters. The zero-order chi connectivity index (χ0) is 11.8. The first-order chi connectivity index (χ1) is 7.55. The molecule has 1 aliphatic carbocycles. The lowest BCUT2D eigenvalue weighted by atomic mass is 9.66. The zero-order valence-electron chi connectivity index (χ0n) is 11.0. The van der Waals surface area contributed by atoms with E-state index in [2.05, 4.69) is 18.7 Å². The number of carbonyl (C=O) groups excluding carboxylic acids is 1. The molecule has 0 bridgehead atoms. The van der Waals surface area contributed by atoms with Crippen molar-refractivity contribution < 1.29 is 4.79 Å². The van der Waals surface area contributed by atoms with Crippen LogP contribution >= 0.6 is 12.4 Å². The van der Waals surface area contributed by atoms with E-state index in [1.807, 2.05) is 0 Å². The molecule has 4 heteroatoms. The number of nitrogens with zero attached hydrogens (tertiary/aromatic N) is 1. The average molecular weight is 261 g/mol. The molecule has 100 valence electrons. The third-order valence-corrected chi connectivity index (χ3v) is 4.78. The van der Waals surface area contributed by atoms with Gasteiger partial charge < -0.3 is 10.6 Å². The average Bonchev–Trinajstić information content (AvgIpc) is 2.61. The van der Waals surface area contributed by atoms with Gasteiger partial charge in [-0.15, -0.1) is 12.4 Å². The van der Waals surface area contributed by atoms with Gasteiger partial charge in [-0.1, -0.05) is 20.3 Å². The highest BCUT2D eigenvalue weighted by atomic mass is 35.5. The van der Waals surface area contributed by atoms with Crippen LogP contribution < -0.4 is 5.73 Å².